The fourth-order valence-electron chi connectivity index (χ4n) is 2.32. The second-order valence-electron chi connectivity index (χ2n) is 4.85. The Balaban J connectivity index is 1.76. The van der Waals surface area contributed by atoms with E-state index in [1.54, 1.807) is 11.8 Å². The van der Waals surface area contributed by atoms with Crippen molar-refractivity contribution in [3.05, 3.63) is 24.3 Å². The van der Waals surface area contributed by atoms with Crippen LogP contribution >= 0.6 is 23.5 Å². The van der Waals surface area contributed by atoms with Gasteiger partial charge in [-0.15, -0.1) is 23.5 Å². The van der Waals surface area contributed by atoms with Gasteiger partial charge in [-0.2, -0.15) is 0 Å². The molecule has 1 aliphatic carbocycles. The van der Waals surface area contributed by atoms with Gasteiger partial charge >= 0.3 is 0 Å². The highest BCUT2D eigenvalue weighted by Gasteiger charge is 2.15. The van der Waals surface area contributed by atoms with Crippen molar-refractivity contribution < 1.29 is 4.79 Å². The Hall–Kier alpha value is -0.610. The van der Waals surface area contributed by atoms with Crippen molar-refractivity contribution in [3.63, 3.8) is 0 Å². The second-order valence-corrected chi connectivity index (χ2v) is 7.02. The van der Waals surface area contributed by atoms with E-state index in [2.05, 4.69) is 11.4 Å². The lowest BCUT2D eigenvalue weighted by Gasteiger charge is -2.20. The molecule has 0 heterocycles. The minimum atomic E-state index is 0.119. The van der Waals surface area contributed by atoms with Gasteiger partial charge in [0.1, 0.15) is 0 Å². The summed E-state index contributed by atoms with van der Waals surface area (Å²) in [6.45, 7) is 0. The first-order valence-electron chi connectivity index (χ1n) is 6.83. The molecule has 104 valence electrons. The fraction of sp³-hybridized carbons (Fsp3) is 0.533. The molecule has 0 aliphatic heterocycles. The first kappa shape index (κ1) is 14.8. The number of thioether (sulfide) groups is 2. The lowest BCUT2D eigenvalue weighted by molar-refractivity contribution is -0.113. The van der Waals surface area contributed by atoms with Crippen molar-refractivity contribution in [2.75, 3.05) is 17.3 Å². The number of anilines is 1. The zero-order valence-electron chi connectivity index (χ0n) is 11.4. The molecule has 19 heavy (non-hydrogen) atoms. The first-order valence-corrected chi connectivity index (χ1v) is 9.11. The van der Waals surface area contributed by atoms with Gasteiger partial charge in [0.05, 0.1) is 5.75 Å². The van der Waals surface area contributed by atoms with E-state index in [1.165, 1.54) is 37.0 Å². The number of hydrogen-bond acceptors (Lipinski definition) is 3. The number of carbonyl (C=O) groups is 1. The number of carbonyl (C=O) groups excluding carboxylic acids is 1. The summed E-state index contributed by atoms with van der Waals surface area (Å²) in [5.41, 5.74) is 0.904. The third-order valence-corrected chi connectivity index (χ3v) is 5.45. The van der Waals surface area contributed by atoms with Crippen molar-refractivity contribution in [1.29, 1.82) is 0 Å². The quantitative estimate of drug-likeness (QED) is 0.816. The van der Waals surface area contributed by atoms with E-state index < -0.39 is 0 Å². The molecule has 0 spiro atoms. The minimum Gasteiger partial charge on any atom is -0.325 e. The molecule has 1 amide bonds. The van der Waals surface area contributed by atoms with Gasteiger partial charge in [-0.05, 0) is 37.3 Å². The lowest BCUT2D eigenvalue weighted by Crippen LogP contribution is -2.17. The van der Waals surface area contributed by atoms with Gasteiger partial charge in [0.15, 0.2) is 0 Å². The zero-order chi connectivity index (χ0) is 13.5. The van der Waals surface area contributed by atoms with Gasteiger partial charge in [-0.3, -0.25) is 4.79 Å². The average molecular weight is 295 g/mol. The SMILES string of the molecule is CSc1cccc(NC(=O)CSC2CCCCC2)c1. The summed E-state index contributed by atoms with van der Waals surface area (Å²) < 4.78 is 0. The van der Waals surface area contributed by atoms with Crippen LogP contribution in [0.25, 0.3) is 0 Å². The summed E-state index contributed by atoms with van der Waals surface area (Å²) in [4.78, 5) is 13.1. The third-order valence-electron chi connectivity index (χ3n) is 3.36. The Morgan fingerprint density at radius 2 is 2.11 bits per heavy atom. The van der Waals surface area contributed by atoms with Gasteiger partial charge in [0.25, 0.3) is 0 Å². The number of amides is 1. The molecule has 0 unspecified atom stereocenters. The van der Waals surface area contributed by atoms with E-state index in [4.69, 9.17) is 0 Å². The summed E-state index contributed by atoms with van der Waals surface area (Å²) in [6, 6.07) is 8.00. The van der Waals surface area contributed by atoms with Crippen LogP contribution < -0.4 is 5.32 Å². The molecule has 0 atom stereocenters. The van der Waals surface area contributed by atoms with Crippen LogP contribution in [0.3, 0.4) is 0 Å². The van der Waals surface area contributed by atoms with Crippen molar-refractivity contribution in [3.8, 4) is 0 Å². The summed E-state index contributed by atoms with van der Waals surface area (Å²) in [7, 11) is 0. The third kappa shape index (κ3) is 5.11. The van der Waals surface area contributed by atoms with Crippen LogP contribution in [0.15, 0.2) is 29.2 Å². The Kier molecular flexibility index (Phi) is 6.11. The van der Waals surface area contributed by atoms with E-state index in [0.717, 1.165) is 5.69 Å². The molecule has 1 N–H and O–H groups in total. The Morgan fingerprint density at radius 3 is 2.84 bits per heavy atom. The normalized spacial score (nSPS) is 16.3. The van der Waals surface area contributed by atoms with Crippen molar-refractivity contribution in [1.82, 2.24) is 0 Å². The minimum absolute atomic E-state index is 0.119. The summed E-state index contributed by atoms with van der Waals surface area (Å²) >= 11 is 3.51. The van der Waals surface area contributed by atoms with E-state index >= 15 is 0 Å². The summed E-state index contributed by atoms with van der Waals surface area (Å²) in [5.74, 6) is 0.697. The predicted molar refractivity (Wildman–Crippen MR) is 86.2 cm³/mol. The smallest absolute Gasteiger partial charge is 0.234 e. The van der Waals surface area contributed by atoms with Gasteiger partial charge in [0, 0.05) is 15.8 Å². The molecule has 0 aromatic heterocycles. The van der Waals surface area contributed by atoms with Crippen LogP contribution in [0.4, 0.5) is 5.69 Å². The van der Waals surface area contributed by atoms with Gasteiger partial charge in [0.2, 0.25) is 5.91 Å². The van der Waals surface area contributed by atoms with E-state index in [-0.39, 0.29) is 5.91 Å². The molecule has 0 bridgehead atoms. The molecule has 1 aromatic carbocycles. The molecule has 2 nitrogen and oxygen atoms in total. The maximum Gasteiger partial charge on any atom is 0.234 e. The largest absolute Gasteiger partial charge is 0.325 e. The standard InChI is InChI=1S/C15H21NOS2/c1-18-14-9-5-6-12(10-14)16-15(17)11-19-13-7-3-2-4-8-13/h5-6,9-10,13H,2-4,7-8,11H2,1H3,(H,16,17). The molecule has 1 saturated carbocycles. The highest BCUT2D eigenvalue weighted by atomic mass is 32.2. The molecule has 0 saturated heterocycles. The van der Waals surface area contributed by atoms with E-state index in [1.807, 2.05) is 36.2 Å². The van der Waals surface area contributed by atoms with Crippen LogP contribution in [0.1, 0.15) is 32.1 Å². The number of benzene rings is 1. The van der Waals surface area contributed by atoms with Gasteiger partial charge < -0.3 is 5.32 Å². The molecule has 0 radical (unpaired) electrons. The molecular formula is C15H21NOS2. The van der Waals surface area contributed by atoms with Crippen molar-refractivity contribution >= 4 is 35.1 Å². The molecule has 1 aromatic rings. The van der Waals surface area contributed by atoms with Crippen LogP contribution in [0, 0.1) is 0 Å². The van der Waals surface area contributed by atoms with E-state index in [9.17, 15) is 4.79 Å². The lowest BCUT2D eigenvalue weighted by atomic mass is 10.0. The molecule has 2 rings (SSSR count). The highest BCUT2D eigenvalue weighted by molar-refractivity contribution is 8.00. The van der Waals surface area contributed by atoms with Gasteiger partial charge in [-0.1, -0.05) is 25.3 Å². The maximum absolute atomic E-state index is 11.9. The Labute approximate surface area is 124 Å². The Morgan fingerprint density at radius 1 is 1.32 bits per heavy atom. The van der Waals surface area contributed by atoms with Crippen LogP contribution in [0.2, 0.25) is 0 Å². The molecule has 4 heteroatoms. The van der Waals surface area contributed by atoms with Gasteiger partial charge in [-0.25, -0.2) is 0 Å². The van der Waals surface area contributed by atoms with Crippen molar-refractivity contribution in [2.45, 2.75) is 42.2 Å². The Bertz CT molecular complexity index is 416. The fourth-order valence-corrected chi connectivity index (χ4v) is 3.91. The van der Waals surface area contributed by atoms with Crippen LogP contribution in [-0.4, -0.2) is 23.2 Å². The highest BCUT2D eigenvalue weighted by Crippen LogP contribution is 2.28. The number of nitrogens with one attached hydrogen (secondary N) is 1. The molecule has 1 fully saturated rings. The van der Waals surface area contributed by atoms with Crippen LogP contribution in [0.5, 0.6) is 0 Å². The monoisotopic (exact) mass is 295 g/mol. The maximum atomic E-state index is 11.9. The topological polar surface area (TPSA) is 29.1 Å². The number of rotatable bonds is 5. The van der Waals surface area contributed by atoms with Crippen LogP contribution in [-0.2, 0) is 4.79 Å². The summed E-state index contributed by atoms with van der Waals surface area (Å²) in [6.07, 6.45) is 8.62. The molecule has 1 aliphatic rings. The first-order chi connectivity index (χ1) is 9.28. The zero-order valence-corrected chi connectivity index (χ0v) is 13.0. The van der Waals surface area contributed by atoms with E-state index in [0.29, 0.717) is 11.0 Å². The number of hydrogen-bond donors (Lipinski definition) is 1. The second kappa shape index (κ2) is 7.85. The average Bonchev–Trinajstić information content (AvgIpc) is 2.46. The summed E-state index contributed by atoms with van der Waals surface area (Å²) in [5, 5.41) is 3.67. The predicted octanol–water partition coefficient (Wildman–Crippen LogP) is 4.41. The molecular weight excluding hydrogens is 274 g/mol. The van der Waals surface area contributed by atoms with Crippen molar-refractivity contribution in [2.24, 2.45) is 0 Å².